The van der Waals surface area contributed by atoms with Gasteiger partial charge in [0.05, 0.1) is 35.7 Å². The Morgan fingerprint density at radius 1 is 0.875 bits per heavy atom. The molecule has 2 fully saturated rings. The molecule has 48 heavy (non-hydrogen) atoms. The van der Waals surface area contributed by atoms with Crippen LogP contribution < -0.4 is 29.6 Å². The molecule has 4 aromatic rings. The maximum atomic E-state index is 13.3. The Morgan fingerprint density at radius 3 is 2.31 bits per heavy atom. The topological polar surface area (TPSA) is 120 Å². The number of halogens is 2. The van der Waals surface area contributed by atoms with Crippen LogP contribution in [0.1, 0.15) is 19.3 Å². The molecule has 2 aliphatic heterocycles. The third kappa shape index (κ3) is 6.82. The summed E-state index contributed by atoms with van der Waals surface area (Å²) in [6, 6.07) is 13.8. The molecule has 1 saturated heterocycles. The van der Waals surface area contributed by atoms with Crippen LogP contribution in [-0.2, 0) is 14.3 Å². The zero-order chi connectivity index (χ0) is 33.1. The summed E-state index contributed by atoms with van der Waals surface area (Å²) in [6.45, 7) is 5.54. The molecule has 2 N–H and O–H groups in total. The van der Waals surface area contributed by atoms with E-state index in [2.05, 4.69) is 20.5 Å². The monoisotopic (exact) mass is 676 g/mol. The summed E-state index contributed by atoms with van der Waals surface area (Å²) < 4.78 is 43.2. The molecule has 1 aromatic heterocycles. The maximum absolute atomic E-state index is 13.3. The molecule has 3 aromatic carbocycles. The highest BCUT2D eigenvalue weighted by molar-refractivity contribution is 6.32. The van der Waals surface area contributed by atoms with Crippen LogP contribution in [0.15, 0.2) is 60.8 Å². The fourth-order valence-corrected chi connectivity index (χ4v) is 5.98. The number of amides is 2. The molecule has 0 radical (unpaired) electrons. The van der Waals surface area contributed by atoms with E-state index in [1.165, 1.54) is 24.3 Å². The molecule has 0 atom stereocenters. The number of nitrogens with zero attached hydrogens (tertiary/aromatic N) is 2. The van der Waals surface area contributed by atoms with Gasteiger partial charge in [-0.15, -0.1) is 0 Å². The van der Waals surface area contributed by atoms with Crippen molar-refractivity contribution in [2.75, 3.05) is 63.3 Å². The first kappa shape index (κ1) is 31.9. The van der Waals surface area contributed by atoms with E-state index in [1.807, 2.05) is 6.07 Å². The van der Waals surface area contributed by atoms with Gasteiger partial charge in [0.2, 0.25) is 17.6 Å². The van der Waals surface area contributed by atoms with Crippen molar-refractivity contribution in [2.45, 2.75) is 19.3 Å². The van der Waals surface area contributed by atoms with E-state index in [0.29, 0.717) is 83.7 Å². The quantitative estimate of drug-likeness (QED) is 0.145. The molecular weight excluding hydrogens is 643 g/mol. The summed E-state index contributed by atoms with van der Waals surface area (Å²) >= 11 is 6.63. The van der Waals surface area contributed by atoms with Gasteiger partial charge in [-0.05, 0) is 67.8 Å². The van der Waals surface area contributed by atoms with Gasteiger partial charge in [0.25, 0.3) is 0 Å². The third-order valence-corrected chi connectivity index (χ3v) is 8.85. The van der Waals surface area contributed by atoms with Gasteiger partial charge < -0.3 is 34.3 Å². The standard InChI is InChI=1S/C35H34ClFN4O7/c36-25-20-24(40-34(43)35(9-10-35)33(42)39-23-4-2-22(37)3-5-23)6-7-27(25)48-28-8-11-38-26-21-29(31-32(30(26)28)47-19-18-46-31)45-15-1-12-41-13-16-44-17-14-41/h2-8,11,20-21H,1,9-10,12-19H2,(H,39,42)(H,40,43). The van der Waals surface area contributed by atoms with Crippen LogP contribution in [0.25, 0.3) is 10.9 Å². The number of ether oxygens (including phenoxy) is 5. The molecule has 250 valence electrons. The first-order chi connectivity index (χ1) is 23.4. The van der Waals surface area contributed by atoms with Crippen LogP contribution in [0, 0.1) is 11.2 Å². The SMILES string of the molecule is O=C(Nc1ccc(F)cc1)C1(C(=O)Nc2ccc(Oc3ccnc4cc(OCCCN5CCOCC5)c5c(c34)OCCO5)c(Cl)c2)CC1. The first-order valence-corrected chi connectivity index (χ1v) is 16.3. The number of hydrogen-bond donors (Lipinski definition) is 2. The van der Waals surface area contributed by atoms with Crippen LogP contribution in [0.2, 0.25) is 5.02 Å². The summed E-state index contributed by atoms with van der Waals surface area (Å²) in [6.07, 6.45) is 3.27. The van der Waals surface area contributed by atoms with Crippen molar-refractivity contribution < 1.29 is 37.7 Å². The Morgan fingerprint density at radius 2 is 1.58 bits per heavy atom. The number of rotatable bonds is 11. The van der Waals surface area contributed by atoms with Gasteiger partial charge in [-0.3, -0.25) is 19.5 Å². The Hall–Kier alpha value is -4.65. The van der Waals surface area contributed by atoms with Crippen LogP contribution in [-0.4, -0.2) is 74.4 Å². The zero-order valence-corrected chi connectivity index (χ0v) is 26.8. The highest BCUT2D eigenvalue weighted by Crippen LogP contribution is 2.50. The van der Waals surface area contributed by atoms with Gasteiger partial charge in [-0.1, -0.05) is 11.6 Å². The molecular formula is C35H34ClFN4O7. The van der Waals surface area contributed by atoms with Crippen LogP contribution >= 0.6 is 11.6 Å². The average Bonchev–Trinajstić information content (AvgIpc) is 3.92. The second-order valence-electron chi connectivity index (χ2n) is 11.8. The second-order valence-corrected chi connectivity index (χ2v) is 12.2. The second kappa shape index (κ2) is 13.8. The maximum Gasteiger partial charge on any atom is 0.240 e. The molecule has 0 unspecified atom stereocenters. The van der Waals surface area contributed by atoms with Gasteiger partial charge in [0.1, 0.15) is 35.9 Å². The summed E-state index contributed by atoms with van der Waals surface area (Å²) in [5, 5.41) is 6.36. The fourth-order valence-electron chi connectivity index (χ4n) is 5.76. The van der Waals surface area contributed by atoms with E-state index in [0.717, 1.165) is 39.3 Å². The van der Waals surface area contributed by atoms with Gasteiger partial charge in [-0.2, -0.15) is 0 Å². The number of pyridine rings is 1. The lowest BCUT2D eigenvalue weighted by Crippen LogP contribution is -2.37. The number of anilines is 2. The molecule has 1 saturated carbocycles. The van der Waals surface area contributed by atoms with Crippen molar-refractivity contribution in [1.29, 1.82) is 0 Å². The van der Waals surface area contributed by atoms with Crippen LogP contribution in [0.4, 0.5) is 15.8 Å². The smallest absolute Gasteiger partial charge is 0.240 e. The Kier molecular flexibility index (Phi) is 9.20. The Balaban J connectivity index is 1.04. The van der Waals surface area contributed by atoms with E-state index in [9.17, 15) is 14.0 Å². The predicted molar refractivity (Wildman–Crippen MR) is 177 cm³/mol. The van der Waals surface area contributed by atoms with Crippen LogP contribution in [0.3, 0.4) is 0 Å². The summed E-state index contributed by atoms with van der Waals surface area (Å²) in [5.41, 5.74) is 0.212. The molecule has 2 amide bonds. The summed E-state index contributed by atoms with van der Waals surface area (Å²) in [5.74, 6) is 1.02. The minimum Gasteiger partial charge on any atom is -0.489 e. The molecule has 3 heterocycles. The van der Waals surface area contributed by atoms with Crippen LogP contribution in [0.5, 0.6) is 28.7 Å². The normalized spacial score (nSPS) is 16.6. The number of aromatic nitrogens is 1. The van der Waals surface area contributed by atoms with Crippen molar-refractivity contribution in [3.05, 3.63) is 71.6 Å². The lowest BCUT2D eigenvalue weighted by molar-refractivity contribution is -0.131. The van der Waals surface area contributed by atoms with Crippen molar-refractivity contribution in [3.63, 3.8) is 0 Å². The number of morpholine rings is 1. The van der Waals surface area contributed by atoms with Gasteiger partial charge in [-0.25, -0.2) is 4.39 Å². The molecule has 0 bridgehead atoms. The van der Waals surface area contributed by atoms with Crippen molar-refractivity contribution in [2.24, 2.45) is 5.41 Å². The lowest BCUT2D eigenvalue weighted by atomic mass is 10.0. The van der Waals surface area contributed by atoms with E-state index in [1.54, 1.807) is 30.5 Å². The average molecular weight is 677 g/mol. The van der Waals surface area contributed by atoms with E-state index >= 15 is 0 Å². The minimum atomic E-state index is -1.21. The van der Waals surface area contributed by atoms with Crippen molar-refractivity contribution >= 4 is 45.7 Å². The Bertz CT molecular complexity index is 1830. The molecule has 13 heteroatoms. The third-order valence-electron chi connectivity index (χ3n) is 8.55. The summed E-state index contributed by atoms with van der Waals surface area (Å²) in [4.78, 5) is 33.0. The number of benzene rings is 3. The molecule has 0 spiro atoms. The molecule has 11 nitrogen and oxygen atoms in total. The Labute approximate surface area is 281 Å². The minimum absolute atomic E-state index is 0.240. The largest absolute Gasteiger partial charge is 0.489 e. The number of fused-ring (bicyclic) bond motifs is 3. The lowest BCUT2D eigenvalue weighted by Gasteiger charge is -2.26. The predicted octanol–water partition coefficient (Wildman–Crippen LogP) is 6.05. The molecule has 7 rings (SSSR count). The molecule has 3 aliphatic rings. The van der Waals surface area contributed by atoms with E-state index in [4.69, 9.17) is 35.3 Å². The van der Waals surface area contributed by atoms with E-state index in [-0.39, 0.29) is 5.02 Å². The number of nitrogens with one attached hydrogen (secondary N) is 2. The van der Waals surface area contributed by atoms with Crippen molar-refractivity contribution in [3.8, 4) is 28.7 Å². The summed E-state index contributed by atoms with van der Waals surface area (Å²) in [7, 11) is 0. The molecule has 1 aliphatic carbocycles. The zero-order valence-electron chi connectivity index (χ0n) is 26.1. The number of carbonyl (C=O) groups is 2. The van der Waals surface area contributed by atoms with Gasteiger partial charge in [0, 0.05) is 43.3 Å². The number of hydrogen-bond acceptors (Lipinski definition) is 9. The van der Waals surface area contributed by atoms with Gasteiger partial charge in [0.15, 0.2) is 11.5 Å². The van der Waals surface area contributed by atoms with E-state index < -0.39 is 23.0 Å². The fraction of sp³-hybridized carbons (Fsp3) is 0.343. The van der Waals surface area contributed by atoms with Gasteiger partial charge >= 0.3 is 0 Å². The van der Waals surface area contributed by atoms with Crippen molar-refractivity contribution in [1.82, 2.24) is 9.88 Å². The number of carbonyl (C=O) groups excluding carboxylic acids is 2. The highest BCUT2D eigenvalue weighted by atomic mass is 35.5. The highest BCUT2D eigenvalue weighted by Gasteiger charge is 2.56. The first-order valence-electron chi connectivity index (χ1n) is 15.9.